The third-order valence-corrected chi connectivity index (χ3v) is 5.86. The zero-order chi connectivity index (χ0) is 22.0. The van der Waals surface area contributed by atoms with Crippen LogP contribution in [0.15, 0.2) is 57.8 Å². The zero-order valence-corrected chi connectivity index (χ0v) is 19.5. The van der Waals surface area contributed by atoms with Gasteiger partial charge in [-0.3, -0.25) is 0 Å². The number of hydrogen-bond donors (Lipinski definition) is 3. The van der Waals surface area contributed by atoms with Gasteiger partial charge in [0.05, 0.1) is 22.6 Å². The number of methoxy groups -OCH3 is 1. The number of aromatic amines is 2. The molecule has 6 nitrogen and oxygen atoms in total. The highest BCUT2D eigenvalue weighted by Gasteiger charge is 2.13. The molecule has 0 aliphatic heterocycles. The van der Waals surface area contributed by atoms with Gasteiger partial charge in [-0.05, 0) is 64.0 Å². The standard InChI is InChI=1S/C22H18BrCl2N3O3/c1-30-20-7-12(10-26-15-4-5-18-19(9-15)28-22(29)27-18)6-16(23)21(20)31-11-13-2-3-14(24)8-17(13)25/h2-9,26H,10-11H2,1H3,(H2,27,28,29). The Morgan fingerprint density at radius 2 is 1.84 bits per heavy atom. The maximum Gasteiger partial charge on any atom is 0.323 e. The first kappa shape index (κ1) is 21.6. The topological polar surface area (TPSA) is 79.1 Å². The fourth-order valence-electron chi connectivity index (χ4n) is 3.15. The molecule has 31 heavy (non-hydrogen) atoms. The van der Waals surface area contributed by atoms with Gasteiger partial charge in [0.15, 0.2) is 11.5 Å². The third kappa shape index (κ3) is 5.01. The van der Waals surface area contributed by atoms with Crippen LogP contribution in [0.2, 0.25) is 10.0 Å². The molecule has 0 saturated carbocycles. The van der Waals surface area contributed by atoms with Gasteiger partial charge in [0.25, 0.3) is 0 Å². The quantitative estimate of drug-likeness (QED) is 0.273. The van der Waals surface area contributed by atoms with E-state index < -0.39 is 0 Å². The fourth-order valence-corrected chi connectivity index (χ4v) is 4.22. The highest BCUT2D eigenvalue weighted by Crippen LogP contribution is 2.38. The Labute approximate surface area is 196 Å². The Hall–Kier alpha value is -2.61. The van der Waals surface area contributed by atoms with E-state index in [0.29, 0.717) is 28.1 Å². The van der Waals surface area contributed by atoms with Crippen LogP contribution in [-0.4, -0.2) is 17.1 Å². The van der Waals surface area contributed by atoms with Crippen LogP contribution in [0.4, 0.5) is 5.69 Å². The van der Waals surface area contributed by atoms with E-state index >= 15 is 0 Å². The molecule has 0 saturated heterocycles. The smallest absolute Gasteiger partial charge is 0.323 e. The highest BCUT2D eigenvalue weighted by atomic mass is 79.9. The average Bonchev–Trinajstić information content (AvgIpc) is 3.11. The first-order valence-electron chi connectivity index (χ1n) is 9.32. The van der Waals surface area contributed by atoms with E-state index in [-0.39, 0.29) is 12.3 Å². The van der Waals surface area contributed by atoms with Crippen molar-refractivity contribution in [1.82, 2.24) is 9.97 Å². The van der Waals surface area contributed by atoms with E-state index in [1.807, 2.05) is 36.4 Å². The third-order valence-electron chi connectivity index (χ3n) is 4.69. The van der Waals surface area contributed by atoms with Crippen LogP contribution in [0.25, 0.3) is 11.0 Å². The van der Waals surface area contributed by atoms with Gasteiger partial charge in [-0.2, -0.15) is 0 Å². The van der Waals surface area contributed by atoms with Crippen molar-refractivity contribution in [2.75, 3.05) is 12.4 Å². The van der Waals surface area contributed by atoms with E-state index in [4.69, 9.17) is 32.7 Å². The molecule has 4 aromatic rings. The number of benzene rings is 3. The molecular formula is C22H18BrCl2N3O3. The summed E-state index contributed by atoms with van der Waals surface area (Å²) in [6, 6.07) is 14.8. The van der Waals surface area contributed by atoms with Crippen LogP contribution in [-0.2, 0) is 13.2 Å². The summed E-state index contributed by atoms with van der Waals surface area (Å²) in [5.74, 6) is 1.19. The Balaban J connectivity index is 1.49. The highest BCUT2D eigenvalue weighted by molar-refractivity contribution is 9.10. The maximum absolute atomic E-state index is 11.4. The number of aromatic nitrogens is 2. The number of rotatable bonds is 7. The minimum Gasteiger partial charge on any atom is -0.493 e. The molecule has 0 bridgehead atoms. The van der Waals surface area contributed by atoms with E-state index in [1.165, 1.54) is 0 Å². The molecule has 0 unspecified atom stereocenters. The Bertz CT molecular complexity index is 1300. The Kier molecular flexibility index (Phi) is 6.46. The van der Waals surface area contributed by atoms with E-state index in [1.54, 1.807) is 19.2 Å². The van der Waals surface area contributed by atoms with Crippen LogP contribution >= 0.6 is 39.1 Å². The van der Waals surface area contributed by atoms with Gasteiger partial charge in [0.2, 0.25) is 0 Å². The van der Waals surface area contributed by atoms with Crippen molar-refractivity contribution in [2.24, 2.45) is 0 Å². The summed E-state index contributed by atoms with van der Waals surface area (Å²) in [6.45, 7) is 0.829. The molecule has 1 heterocycles. The van der Waals surface area contributed by atoms with Crippen molar-refractivity contribution in [1.29, 1.82) is 0 Å². The second kappa shape index (κ2) is 9.26. The zero-order valence-electron chi connectivity index (χ0n) is 16.4. The molecule has 0 atom stereocenters. The van der Waals surface area contributed by atoms with Gasteiger partial charge >= 0.3 is 5.69 Å². The van der Waals surface area contributed by atoms with Gasteiger partial charge in [-0.1, -0.05) is 29.3 Å². The maximum atomic E-state index is 11.4. The molecule has 0 spiro atoms. The Morgan fingerprint density at radius 3 is 2.61 bits per heavy atom. The van der Waals surface area contributed by atoms with Crippen molar-refractivity contribution in [3.8, 4) is 11.5 Å². The fraction of sp³-hybridized carbons (Fsp3) is 0.136. The van der Waals surface area contributed by atoms with Crippen LogP contribution in [0, 0.1) is 0 Å². The SMILES string of the molecule is COc1cc(CNc2ccc3[nH]c(=O)[nH]c3c2)cc(Br)c1OCc1ccc(Cl)cc1Cl. The lowest BCUT2D eigenvalue weighted by Gasteiger charge is -2.16. The summed E-state index contributed by atoms with van der Waals surface area (Å²) < 4.78 is 12.3. The van der Waals surface area contributed by atoms with Gasteiger partial charge in [0.1, 0.15) is 6.61 Å². The molecule has 160 valence electrons. The van der Waals surface area contributed by atoms with Gasteiger partial charge in [-0.25, -0.2) is 4.79 Å². The average molecular weight is 523 g/mol. The molecule has 3 aromatic carbocycles. The molecule has 0 aliphatic rings. The lowest BCUT2D eigenvalue weighted by Crippen LogP contribution is -2.03. The summed E-state index contributed by atoms with van der Waals surface area (Å²) in [5.41, 5.74) is 3.99. The second-order valence-electron chi connectivity index (χ2n) is 6.83. The first-order valence-corrected chi connectivity index (χ1v) is 10.9. The minimum absolute atomic E-state index is 0.226. The van der Waals surface area contributed by atoms with Crippen molar-refractivity contribution in [3.05, 3.63) is 84.7 Å². The molecular weight excluding hydrogens is 505 g/mol. The molecule has 4 rings (SSSR count). The largest absolute Gasteiger partial charge is 0.493 e. The first-order chi connectivity index (χ1) is 14.9. The monoisotopic (exact) mass is 521 g/mol. The van der Waals surface area contributed by atoms with E-state index in [2.05, 4.69) is 31.2 Å². The predicted molar refractivity (Wildman–Crippen MR) is 128 cm³/mol. The summed E-state index contributed by atoms with van der Waals surface area (Å²) in [6.07, 6.45) is 0. The number of nitrogens with one attached hydrogen (secondary N) is 3. The minimum atomic E-state index is -0.226. The number of H-pyrrole nitrogens is 2. The number of anilines is 1. The Morgan fingerprint density at radius 1 is 1.03 bits per heavy atom. The number of imidazole rings is 1. The molecule has 0 amide bonds. The molecule has 9 heteroatoms. The van der Waals surface area contributed by atoms with E-state index in [0.717, 1.165) is 32.3 Å². The number of hydrogen-bond acceptors (Lipinski definition) is 4. The van der Waals surface area contributed by atoms with Gasteiger partial charge in [0, 0.05) is 27.8 Å². The molecule has 1 aromatic heterocycles. The molecule has 3 N–H and O–H groups in total. The summed E-state index contributed by atoms with van der Waals surface area (Å²) >= 11 is 15.8. The summed E-state index contributed by atoms with van der Waals surface area (Å²) in [7, 11) is 1.59. The predicted octanol–water partition coefficient (Wildman–Crippen LogP) is 6.13. The molecule has 0 radical (unpaired) electrons. The van der Waals surface area contributed by atoms with Crippen LogP contribution in [0.1, 0.15) is 11.1 Å². The normalized spacial score (nSPS) is 11.0. The number of ether oxygens (including phenoxy) is 2. The van der Waals surface area contributed by atoms with Crippen molar-refractivity contribution in [2.45, 2.75) is 13.2 Å². The van der Waals surface area contributed by atoms with Crippen molar-refractivity contribution >= 4 is 55.9 Å². The van der Waals surface area contributed by atoms with Crippen molar-refractivity contribution in [3.63, 3.8) is 0 Å². The van der Waals surface area contributed by atoms with Crippen molar-refractivity contribution < 1.29 is 9.47 Å². The number of halogens is 3. The number of fused-ring (bicyclic) bond motifs is 1. The van der Waals surface area contributed by atoms with Crippen LogP contribution in [0.3, 0.4) is 0 Å². The van der Waals surface area contributed by atoms with Gasteiger partial charge < -0.3 is 24.8 Å². The van der Waals surface area contributed by atoms with E-state index in [9.17, 15) is 4.79 Å². The summed E-state index contributed by atoms with van der Waals surface area (Å²) in [5, 5.41) is 4.47. The van der Waals surface area contributed by atoms with Crippen LogP contribution in [0.5, 0.6) is 11.5 Å². The second-order valence-corrected chi connectivity index (χ2v) is 8.52. The summed E-state index contributed by atoms with van der Waals surface area (Å²) in [4.78, 5) is 16.9. The molecule has 0 aliphatic carbocycles. The van der Waals surface area contributed by atoms with Crippen LogP contribution < -0.4 is 20.5 Å². The lowest BCUT2D eigenvalue weighted by molar-refractivity contribution is 0.282. The lowest BCUT2D eigenvalue weighted by atomic mass is 10.2. The van der Waals surface area contributed by atoms with Gasteiger partial charge in [-0.15, -0.1) is 0 Å². The molecule has 0 fully saturated rings.